The van der Waals surface area contributed by atoms with Gasteiger partial charge in [-0.2, -0.15) is 5.10 Å². The first-order chi connectivity index (χ1) is 16.3. The van der Waals surface area contributed by atoms with Gasteiger partial charge in [-0.25, -0.2) is 9.82 Å². The highest BCUT2D eigenvalue weighted by Gasteiger charge is 2.15. The van der Waals surface area contributed by atoms with Crippen molar-refractivity contribution in [2.75, 3.05) is 0 Å². The Hall–Kier alpha value is -3.57. The Morgan fingerprint density at radius 3 is 2.62 bits per heavy atom. The summed E-state index contributed by atoms with van der Waals surface area (Å²) in [4.78, 5) is 22.7. The number of hydrazone groups is 1. The first-order valence-electron chi connectivity index (χ1n) is 9.68. The van der Waals surface area contributed by atoms with E-state index in [2.05, 4.69) is 42.4 Å². The summed E-state index contributed by atoms with van der Waals surface area (Å²) in [5, 5.41) is 15.3. The maximum atomic E-state index is 13.3. The molecule has 1 aromatic heterocycles. The van der Waals surface area contributed by atoms with Crippen LogP contribution in [0.4, 0.5) is 10.1 Å². The van der Waals surface area contributed by atoms with Crippen LogP contribution in [0.1, 0.15) is 21.7 Å². The SMILES string of the molecule is O=C(N/N=C\c1cc(Br)c(OCc2cccc(F)c2)c(Br)c1)c1cc2cc([N+](=O)[O-])ccc2o1. The molecule has 8 nitrogen and oxygen atoms in total. The second kappa shape index (κ2) is 10.1. The van der Waals surface area contributed by atoms with E-state index in [4.69, 9.17) is 9.15 Å². The number of rotatable bonds is 7. The first kappa shape index (κ1) is 23.6. The summed E-state index contributed by atoms with van der Waals surface area (Å²) in [6.45, 7) is 0.180. The van der Waals surface area contributed by atoms with Crippen molar-refractivity contribution in [2.24, 2.45) is 5.10 Å². The Morgan fingerprint density at radius 1 is 1.15 bits per heavy atom. The van der Waals surface area contributed by atoms with E-state index in [1.54, 1.807) is 24.3 Å². The zero-order valence-electron chi connectivity index (χ0n) is 17.1. The third-order valence-electron chi connectivity index (χ3n) is 4.61. The third-order valence-corrected chi connectivity index (χ3v) is 5.79. The summed E-state index contributed by atoms with van der Waals surface area (Å²) in [5.74, 6) is -0.446. The van der Waals surface area contributed by atoms with Crippen molar-refractivity contribution in [1.29, 1.82) is 0 Å². The molecular formula is C23H14Br2FN3O5. The van der Waals surface area contributed by atoms with Crippen molar-refractivity contribution in [3.8, 4) is 5.75 Å². The number of ether oxygens (including phenoxy) is 1. The molecule has 34 heavy (non-hydrogen) atoms. The van der Waals surface area contributed by atoms with Crippen LogP contribution in [0.2, 0.25) is 0 Å². The van der Waals surface area contributed by atoms with E-state index in [0.29, 0.717) is 36.8 Å². The van der Waals surface area contributed by atoms with Gasteiger partial charge in [0.25, 0.3) is 5.69 Å². The van der Waals surface area contributed by atoms with Gasteiger partial charge in [0.1, 0.15) is 23.8 Å². The van der Waals surface area contributed by atoms with E-state index >= 15 is 0 Å². The van der Waals surface area contributed by atoms with Crippen molar-refractivity contribution >= 4 is 60.6 Å². The van der Waals surface area contributed by atoms with Crippen LogP contribution in [0.3, 0.4) is 0 Å². The summed E-state index contributed by atoms with van der Waals surface area (Å²) in [6.07, 6.45) is 1.43. The molecule has 0 radical (unpaired) electrons. The number of nitrogens with zero attached hydrogens (tertiary/aromatic N) is 2. The number of fused-ring (bicyclic) bond motifs is 1. The quantitative estimate of drug-likeness (QED) is 0.153. The number of nitrogens with one attached hydrogen (secondary N) is 1. The number of nitro benzene ring substituents is 1. The molecule has 0 saturated heterocycles. The number of non-ortho nitro benzene ring substituents is 1. The average Bonchev–Trinajstić information content (AvgIpc) is 3.22. The number of hydrogen-bond acceptors (Lipinski definition) is 6. The predicted octanol–water partition coefficient (Wildman–Crippen LogP) is 6.35. The van der Waals surface area contributed by atoms with E-state index in [-0.39, 0.29) is 23.9 Å². The molecule has 0 aliphatic carbocycles. The number of amides is 1. The Kier molecular flexibility index (Phi) is 7.03. The number of hydrogen-bond donors (Lipinski definition) is 1. The zero-order valence-corrected chi connectivity index (χ0v) is 20.3. The number of furan rings is 1. The van der Waals surface area contributed by atoms with Gasteiger partial charge in [-0.05, 0) is 79.4 Å². The normalized spacial score (nSPS) is 11.1. The van der Waals surface area contributed by atoms with Crippen LogP contribution in [0.5, 0.6) is 5.75 Å². The lowest BCUT2D eigenvalue weighted by Crippen LogP contribution is -2.16. The highest BCUT2D eigenvalue weighted by molar-refractivity contribution is 9.11. The van der Waals surface area contributed by atoms with Gasteiger partial charge in [-0.1, -0.05) is 12.1 Å². The van der Waals surface area contributed by atoms with Crippen LogP contribution in [-0.2, 0) is 6.61 Å². The number of halogens is 3. The molecule has 0 aliphatic heterocycles. The van der Waals surface area contributed by atoms with E-state index < -0.39 is 10.8 Å². The number of carbonyl (C=O) groups excluding carboxylic acids is 1. The standard InChI is InChI=1S/C23H14Br2FN3O5/c24-18-7-14(8-19(25)22(18)33-12-13-2-1-3-16(26)6-13)11-27-28-23(30)21-10-15-9-17(29(31)32)4-5-20(15)34-21/h1-11H,12H2,(H,28,30)/b27-11-. The van der Waals surface area contributed by atoms with Crippen LogP contribution in [-0.4, -0.2) is 17.0 Å². The van der Waals surface area contributed by atoms with Crippen molar-refractivity contribution in [2.45, 2.75) is 6.61 Å². The largest absolute Gasteiger partial charge is 0.487 e. The first-order valence-corrected chi connectivity index (χ1v) is 11.3. The highest BCUT2D eigenvalue weighted by Crippen LogP contribution is 2.35. The Morgan fingerprint density at radius 2 is 1.91 bits per heavy atom. The molecule has 1 heterocycles. The molecule has 0 bridgehead atoms. The molecular weight excluding hydrogens is 577 g/mol. The van der Waals surface area contributed by atoms with Crippen molar-refractivity contribution in [3.63, 3.8) is 0 Å². The molecule has 1 amide bonds. The Balaban J connectivity index is 1.41. The summed E-state index contributed by atoms with van der Waals surface area (Å²) >= 11 is 6.88. The maximum Gasteiger partial charge on any atom is 0.307 e. The molecule has 0 saturated carbocycles. The van der Waals surface area contributed by atoms with E-state index in [1.165, 1.54) is 42.6 Å². The number of nitro groups is 1. The third kappa shape index (κ3) is 5.49. The molecule has 3 aromatic carbocycles. The molecule has 0 aliphatic rings. The predicted molar refractivity (Wildman–Crippen MR) is 131 cm³/mol. The lowest BCUT2D eigenvalue weighted by molar-refractivity contribution is -0.384. The van der Waals surface area contributed by atoms with E-state index in [9.17, 15) is 19.3 Å². The van der Waals surface area contributed by atoms with E-state index in [0.717, 1.165) is 0 Å². The zero-order chi connectivity index (χ0) is 24.2. The van der Waals surface area contributed by atoms with Gasteiger partial charge >= 0.3 is 5.91 Å². The molecule has 4 aromatic rings. The van der Waals surface area contributed by atoms with Gasteiger partial charge in [-0.15, -0.1) is 0 Å². The molecule has 1 N–H and O–H groups in total. The topological polar surface area (TPSA) is 107 Å². The lowest BCUT2D eigenvalue weighted by atomic mass is 10.2. The summed E-state index contributed by atoms with van der Waals surface area (Å²) in [5.41, 5.74) is 3.94. The van der Waals surface area contributed by atoms with Gasteiger partial charge < -0.3 is 9.15 Å². The second-order valence-corrected chi connectivity index (χ2v) is 8.73. The minimum Gasteiger partial charge on any atom is -0.487 e. The second-order valence-electron chi connectivity index (χ2n) is 7.02. The van der Waals surface area contributed by atoms with Gasteiger partial charge in [0.15, 0.2) is 5.76 Å². The molecule has 0 atom stereocenters. The molecule has 0 fully saturated rings. The van der Waals surface area contributed by atoms with Crippen LogP contribution in [0, 0.1) is 15.9 Å². The van der Waals surface area contributed by atoms with Gasteiger partial charge in [-0.3, -0.25) is 14.9 Å². The number of carbonyl (C=O) groups is 1. The van der Waals surface area contributed by atoms with E-state index in [1.807, 2.05) is 0 Å². The summed E-state index contributed by atoms with van der Waals surface area (Å²) in [6, 6.07) is 15.1. The maximum absolute atomic E-state index is 13.3. The van der Waals surface area contributed by atoms with Crippen LogP contribution in [0.15, 0.2) is 79.1 Å². The smallest absolute Gasteiger partial charge is 0.307 e. The minimum absolute atomic E-state index is 0.0314. The molecule has 0 unspecified atom stereocenters. The summed E-state index contributed by atoms with van der Waals surface area (Å²) in [7, 11) is 0. The van der Waals surface area contributed by atoms with Gasteiger partial charge in [0, 0.05) is 17.5 Å². The fraction of sp³-hybridized carbons (Fsp3) is 0.0435. The van der Waals surface area contributed by atoms with Crippen LogP contribution in [0.25, 0.3) is 11.0 Å². The highest BCUT2D eigenvalue weighted by atomic mass is 79.9. The Bertz CT molecular complexity index is 1410. The molecule has 4 rings (SSSR count). The fourth-order valence-corrected chi connectivity index (χ4v) is 4.50. The number of benzene rings is 3. The van der Waals surface area contributed by atoms with Gasteiger partial charge in [0.05, 0.1) is 20.1 Å². The Labute approximate surface area is 208 Å². The molecule has 11 heteroatoms. The van der Waals surface area contributed by atoms with Crippen molar-refractivity contribution < 1.29 is 23.3 Å². The van der Waals surface area contributed by atoms with Crippen molar-refractivity contribution in [1.82, 2.24) is 5.43 Å². The minimum atomic E-state index is -0.608. The molecule has 172 valence electrons. The average molecular weight is 591 g/mol. The van der Waals surface area contributed by atoms with Crippen LogP contribution >= 0.6 is 31.9 Å². The monoisotopic (exact) mass is 589 g/mol. The van der Waals surface area contributed by atoms with Crippen LogP contribution < -0.4 is 10.2 Å². The molecule has 0 spiro atoms. The van der Waals surface area contributed by atoms with Crippen molar-refractivity contribution in [3.05, 3.63) is 102 Å². The fourth-order valence-electron chi connectivity index (χ4n) is 3.05. The lowest BCUT2D eigenvalue weighted by Gasteiger charge is -2.11. The van der Waals surface area contributed by atoms with Gasteiger partial charge in [0.2, 0.25) is 0 Å². The summed E-state index contributed by atoms with van der Waals surface area (Å²) < 4.78 is 25.8.